The van der Waals surface area contributed by atoms with Crippen LogP contribution in [0.5, 0.6) is 0 Å². The van der Waals surface area contributed by atoms with Gasteiger partial charge in [0.15, 0.2) is 0 Å². The van der Waals surface area contributed by atoms with E-state index >= 15 is 0 Å². The maximum atomic E-state index is 4.48. The van der Waals surface area contributed by atoms with Gasteiger partial charge in [-0.3, -0.25) is 0 Å². The molecule has 1 aliphatic carbocycles. The van der Waals surface area contributed by atoms with E-state index in [1.165, 1.54) is 12.8 Å². The standard InChI is InChI=1S/C12H15BrN2/c1-9-11(13)7-8-12(14-9)15-10-5-3-2-4-6-10/h2-3,7-8,10H,4-6H2,1H3,(H,14,15). The summed E-state index contributed by atoms with van der Waals surface area (Å²) in [5, 5.41) is 3.47. The lowest BCUT2D eigenvalue weighted by Gasteiger charge is -2.20. The molecule has 1 N–H and O–H groups in total. The van der Waals surface area contributed by atoms with Crippen molar-refractivity contribution in [3.63, 3.8) is 0 Å². The summed E-state index contributed by atoms with van der Waals surface area (Å²) >= 11 is 3.45. The Morgan fingerprint density at radius 1 is 1.40 bits per heavy atom. The summed E-state index contributed by atoms with van der Waals surface area (Å²) in [6.07, 6.45) is 7.97. The van der Waals surface area contributed by atoms with Crippen molar-refractivity contribution in [1.29, 1.82) is 0 Å². The first-order chi connectivity index (χ1) is 7.25. The zero-order valence-corrected chi connectivity index (χ0v) is 10.4. The highest BCUT2D eigenvalue weighted by molar-refractivity contribution is 9.10. The van der Waals surface area contributed by atoms with E-state index in [4.69, 9.17) is 0 Å². The van der Waals surface area contributed by atoms with Crippen LogP contribution in [0.25, 0.3) is 0 Å². The van der Waals surface area contributed by atoms with Crippen molar-refractivity contribution in [3.05, 3.63) is 34.5 Å². The predicted molar refractivity (Wildman–Crippen MR) is 67.1 cm³/mol. The normalized spacial score (nSPS) is 20.3. The summed E-state index contributed by atoms with van der Waals surface area (Å²) < 4.78 is 1.07. The Hall–Kier alpha value is -0.830. The number of hydrogen-bond acceptors (Lipinski definition) is 2. The lowest BCUT2D eigenvalue weighted by atomic mass is 10.0. The molecule has 1 aliphatic rings. The van der Waals surface area contributed by atoms with Crippen molar-refractivity contribution in [2.24, 2.45) is 0 Å². The highest BCUT2D eigenvalue weighted by atomic mass is 79.9. The summed E-state index contributed by atoms with van der Waals surface area (Å²) in [6.45, 7) is 2.01. The molecule has 0 saturated heterocycles. The van der Waals surface area contributed by atoms with E-state index in [9.17, 15) is 0 Å². The Morgan fingerprint density at radius 2 is 2.27 bits per heavy atom. The molecule has 0 fully saturated rings. The van der Waals surface area contributed by atoms with E-state index in [1.54, 1.807) is 0 Å². The third-order valence-electron chi connectivity index (χ3n) is 2.64. The zero-order chi connectivity index (χ0) is 10.7. The van der Waals surface area contributed by atoms with Gasteiger partial charge in [0.05, 0.1) is 5.69 Å². The highest BCUT2D eigenvalue weighted by Gasteiger charge is 2.10. The summed E-state index contributed by atoms with van der Waals surface area (Å²) in [7, 11) is 0. The van der Waals surface area contributed by atoms with Crippen molar-refractivity contribution < 1.29 is 0 Å². The van der Waals surface area contributed by atoms with Crippen LogP contribution in [0, 0.1) is 6.92 Å². The van der Waals surface area contributed by atoms with Gasteiger partial charge in [0, 0.05) is 10.5 Å². The molecule has 0 aromatic carbocycles. The van der Waals surface area contributed by atoms with Gasteiger partial charge in [-0.1, -0.05) is 12.2 Å². The summed E-state index contributed by atoms with van der Waals surface area (Å²) in [5.74, 6) is 0.982. The predicted octanol–water partition coefficient (Wildman–Crippen LogP) is 3.67. The number of pyridine rings is 1. The molecule has 2 nitrogen and oxygen atoms in total. The number of nitrogens with zero attached hydrogens (tertiary/aromatic N) is 1. The van der Waals surface area contributed by atoms with E-state index in [1.807, 2.05) is 19.1 Å². The molecule has 0 amide bonds. The first-order valence-electron chi connectivity index (χ1n) is 5.30. The molecule has 1 aromatic rings. The second-order valence-corrected chi connectivity index (χ2v) is 4.74. The van der Waals surface area contributed by atoms with Gasteiger partial charge in [-0.15, -0.1) is 0 Å². The second kappa shape index (κ2) is 4.79. The fraction of sp³-hybridized carbons (Fsp3) is 0.417. The van der Waals surface area contributed by atoms with Crippen molar-refractivity contribution >= 4 is 21.7 Å². The maximum Gasteiger partial charge on any atom is 0.126 e. The Morgan fingerprint density at radius 3 is 2.93 bits per heavy atom. The minimum Gasteiger partial charge on any atom is -0.367 e. The third-order valence-corrected chi connectivity index (χ3v) is 3.48. The Labute approximate surface area is 98.9 Å². The Bertz CT molecular complexity index is 374. The number of anilines is 1. The second-order valence-electron chi connectivity index (χ2n) is 3.89. The van der Waals surface area contributed by atoms with Crippen LogP contribution in [-0.2, 0) is 0 Å². The molecule has 0 aliphatic heterocycles. The van der Waals surface area contributed by atoms with Gasteiger partial charge >= 0.3 is 0 Å². The number of aryl methyl sites for hydroxylation is 1. The molecule has 0 radical (unpaired) electrons. The molecule has 3 heteroatoms. The van der Waals surface area contributed by atoms with Gasteiger partial charge in [-0.2, -0.15) is 0 Å². The summed E-state index contributed by atoms with van der Waals surface area (Å²) in [5.41, 5.74) is 1.03. The van der Waals surface area contributed by atoms with Crippen LogP contribution in [0.1, 0.15) is 25.0 Å². The van der Waals surface area contributed by atoms with Crippen LogP contribution in [0.15, 0.2) is 28.8 Å². The van der Waals surface area contributed by atoms with Gasteiger partial charge < -0.3 is 5.32 Å². The Balaban J connectivity index is 2.04. The van der Waals surface area contributed by atoms with Gasteiger partial charge in [0.1, 0.15) is 5.82 Å². The first kappa shape index (κ1) is 10.7. The lowest BCUT2D eigenvalue weighted by molar-refractivity contribution is 0.642. The van der Waals surface area contributed by atoms with Crippen LogP contribution < -0.4 is 5.32 Å². The fourth-order valence-electron chi connectivity index (χ4n) is 1.76. The molecule has 0 bridgehead atoms. The molecule has 15 heavy (non-hydrogen) atoms. The monoisotopic (exact) mass is 266 g/mol. The molecule has 80 valence electrons. The van der Waals surface area contributed by atoms with Crippen molar-refractivity contribution in [3.8, 4) is 0 Å². The number of allylic oxidation sites excluding steroid dienone is 1. The number of rotatable bonds is 2. The molecular weight excluding hydrogens is 252 g/mol. The minimum absolute atomic E-state index is 0.545. The van der Waals surface area contributed by atoms with Gasteiger partial charge in [-0.05, 0) is 54.2 Å². The van der Waals surface area contributed by atoms with Crippen LogP contribution >= 0.6 is 15.9 Å². The molecule has 0 spiro atoms. The van der Waals surface area contributed by atoms with Gasteiger partial charge in [0.2, 0.25) is 0 Å². The maximum absolute atomic E-state index is 4.48. The highest BCUT2D eigenvalue weighted by Crippen LogP contribution is 2.19. The average Bonchev–Trinajstić information content (AvgIpc) is 2.25. The molecule has 1 aromatic heterocycles. The SMILES string of the molecule is Cc1nc(NC2CC=CCC2)ccc1Br. The van der Waals surface area contributed by atoms with Gasteiger partial charge in [-0.25, -0.2) is 4.98 Å². The van der Waals surface area contributed by atoms with Crippen LogP contribution in [0.4, 0.5) is 5.82 Å². The van der Waals surface area contributed by atoms with E-state index in [2.05, 4.69) is 38.4 Å². The third kappa shape index (κ3) is 2.81. The van der Waals surface area contributed by atoms with Crippen LogP contribution in [0.2, 0.25) is 0 Å². The molecular formula is C12H15BrN2. The molecule has 2 rings (SSSR count). The molecule has 1 unspecified atom stereocenters. The topological polar surface area (TPSA) is 24.9 Å². The van der Waals surface area contributed by atoms with Crippen LogP contribution in [-0.4, -0.2) is 11.0 Å². The number of aromatic nitrogens is 1. The fourth-order valence-corrected chi connectivity index (χ4v) is 1.98. The summed E-state index contributed by atoms with van der Waals surface area (Å²) in [4.78, 5) is 4.48. The van der Waals surface area contributed by atoms with E-state index in [-0.39, 0.29) is 0 Å². The van der Waals surface area contributed by atoms with Crippen molar-refractivity contribution in [2.75, 3.05) is 5.32 Å². The van der Waals surface area contributed by atoms with Crippen molar-refractivity contribution in [2.45, 2.75) is 32.2 Å². The first-order valence-corrected chi connectivity index (χ1v) is 6.09. The zero-order valence-electron chi connectivity index (χ0n) is 8.83. The largest absolute Gasteiger partial charge is 0.367 e. The van der Waals surface area contributed by atoms with E-state index in [0.29, 0.717) is 6.04 Å². The Kier molecular flexibility index (Phi) is 3.41. The molecule has 1 atom stereocenters. The summed E-state index contributed by atoms with van der Waals surface area (Å²) in [6, 6.07) is 4.61. The quantitative estimate of drug-likeness (QED) is 0.827. The van der Waals surface area contributed by atoms with E-state index < -0.39 is 0 Å². The number of halogens is 1. The van der Waals surface area contributed by atoms with Crippen LogP contribution in [0.3, 0.4) is 0 Å². The van der Waals surface area contributed by atoms with E-state index in [0.717, 1.165) is 22.4 Å². The average molecular weight is 267 g/mol. The minimum atomic E-state index is 0.545. The van der Waals surface area contributed by atoms with Gasteiger partial charge in [0.25, 0.3) is 0 Å². The van der Waals surface area contributed by atoms with Crippen molar-refractivity contribution in [1.82, 2.24) is 4.98 Å². The number of nitrogens with one attached hydrogen (secondary N) is 1. The molecule has 1 heterocycles. The number of hydrogen-bond donors (Lipinski definition) is 1. The smallest absolute Gasteiger partial charge is 0.126 e. The molecule has 0 saturated carbocycles. The lowest BCUT2D eigenvalue weighted by Crippen LogP contribution is -2.20.